The smallest absolute Gasteiger partial charge is 0.261 e. The lowest BCUT2D eigenvalue weighted by atomic mass is 10.1. The third kappa shape index (κ3) is 2.58. The first kappa shape index (κ1) is 15.5. The van der Waals surface area contributed by atoms with Crippen LogP contribution in [0.2, 0.25) is 0 Å². The molecule has 0 atom stereocenters. The van der Waals surface area contributed by atoms with Gasteiger partial charge in [0.25, 0.3) is 5.56 Å². The molecule has 0 unspecified atom stereocenters. The monoisotopic (exact) mass is 353 g/mol. The largest absolute Gasteiger partial charge is 0.310 e. The van der Waals surface area contributed by atoms with Crippen molar-refractivity contribution in [1.82, 2.24) is 24.1 Å². The molecule has 5 aromatic rings. The van der Waals surface area contributed by atoms with Gasteiger partial charge in [0.05, 0.1) is 23.6 Å². The second-order valence-electron chi connectivity index (χ2n) is 6.33. The molecule has 27 heavy (non-hydrogen) atoms. The predicted molar refractivity (Wildman–Crippen MR) is 104 cm³/mol. The van der Waals surface area contributed by atoms with Crippen LogP contribution in [0.4, 0.5) is 0 Å². The van der Waals surface area contributed by atoms with E-state index >= 15 is 0 Å². The van der Waals surface area contributed by atoms with Crippen LogP contribution < -0.4 is 5.56 Å². The van der Waals surface area contributed by atoms with Crippen molar-refractivity contribution in [2.75, 3.05) is 0 Å². The Balaban J connectivity index is 1.66. The Bertz CT molecular complexity index is 1310. The topological polar surface area (TPSA) is 65.1 Å². The molecule has 4 aromatic heterocycles. The third-order valence-electron chi connectivity index (χ3n) is 4.63. The highest BCUT2D eigenvalue weighted by molar-refractivity contribution is 5.84. The maximum Gasteiger partial charge on any atom is 0.261 e. The number of fused-ring (bicyclic) bond motifs is 3. The SMILES string of the molecule is O=c1c2cnc3c(-c4ccccc4)cnn3c2ccn1Cc1cccnc1. The second kappa shape index (κ2) is 6.17. The summed E-state index contributed by atoms with van der Waals surface area (Å²) in [6.45, 7) is 0.467. The highest BCUT2D eigenvalue weighted by atomic mass is 16.1. The van der Waals surface area contributed by atoms with E-state index in [1.807, 2.05) is 48.5 Å². The summed E-state index contributed by atoms with van der Waals surface area (Å²) in [5.41, 5.74) is 4.34. The summed E-state index contributed by atoms with van der Waals surface area (Å²) in [4.78, 5) is 21.5. The number of hydrogen-bond acceptors (Lipinski definition) is 4. The maximum atomic E-state index is 12.9. The lowest BCUT2D eigenvalue weighted by molar-refractivity contribution is 0.762. The van der Waals surface area contributed by atoms with Crippen LogP contribution in [0, 0.1) is 0 Å². The fourth-order valence-corrected chi connectivity index (χ4v) is 3.29. The zero-order chi connectivity index (χ0) is 18.2. The van der Waals surface area contributed by atoms with Gasteiger partial charge in [0.2, 0.25) is 0 Å². The molecule has 6 heteroatoms. The average molecular weight is 353 g/mol. The lowest BCUT2D eigenvalue weighted by Crippen LogP contribution is -2.21. The van der Waals surface area contributed by atoms with Gasteiger partial charge in [-0.1, -0.05) is 36.4 Å². The Morgan fingerprint density at radius 2 is 1.81 bits per heavy atom. The highest BCUT2D eigenvalue weighted by Gasteiger charge is 2.12. The molecule has 0 aliphatic carbocycles. The minimum absolute atomic E-state index is 0.0949. The summed E-state index contributed by atoms with van der Waals surface area (Å²) in [5.74, 6) is 0. The Kier molecular flexibility index (Phi) is 3.53. The van der Waals surface area contributed by atoms with Gasteiger partial charge in [-0.25, -0.2) is 9.50 Å². The standard InChI is InChI=1S/C21H15N5O/c27-21-18-12-23-20-17(16-6-2-1-3-7-16)13-24-26(20)19(18)8-10-25(21)14-15-5-4-9-22-11-15/h1-13H,14H2. The number of pyridine rings is 2. The first-order valence-corrected chi connectivity index (χ1v) is 8.61. The van der Waals surface area contributed by atoms with Gasteiger partial charge in [0.1, 0.15) is 0 Å². The molecule has 0 aliphatic rings. The zero-order valence-electron chi connectivity index (χ0n) is 14.4. The molecule has 130 valence electrons. The molecule has 0 bridgehead atoms. The van der Waals surface area contributed by atoms with E-state index in [0.29, 0.717) is 11.9 Å². The summed E-state index contributed by atoms with van der Waals surface area (Å²) in [6.07, 6.45) is 8.70. The molecule has 0 aliphatic heterocycles. The van der Waals surface area contributed by atoms with Gasteiger partial charge in [-0.2, -0.15) is 5.10 Å². The summed E-state index contributed by atoms with van der Waals surface area (Å²) in [7, 11) is 0. The molecule has 0 N–H and O–H groups in total. The van der Waals surface area contributed by atoms with Gasteiger partial charge < -0.3 is 4.57 Å². The quantitative estimate of drug-likeness (QED) is 0.500. The summed E-state index contributed by atoms with van der Waals surface area (Å²) < 4.78 is 3.39. The molecule has 0 fully saturated rings. The van der Waals surface area contributed by atoms with Crippen LogP contribution in [0.25, 0.3) is 27.7 Å². The fraction of sp³-hybridized carbons (Fsp3) is 0.0476. The first-order valence-electron chi connectivity index (χ1n) is 8.61. The first-order chi connectivity index (χ1) is 13.3. The van der Waals surface area contributed by atoms with Crippen molar-refractivity contribution in [2.24, 2.45) is 0 Å². The molecule has 1 aromatic carbocycles. The molecule has 0 saturated heterocycles. The van der Waals surface area contributed by atoms with Crippen molar-refractivity contribution in [3.63, 3.8) is 0 Å². The normalized spacial score (nSPS) is 11.3. The highest BCUT2D eigenvalue weighted by Crippen LogP contribution is 2.24. The molecule has 0 amide bonds. The molecule has 0 radical (unpaired) electrons. The third-order valence-corrected chi connectivity index (χ3v) is 4.63. The summed E-state index contributed by atoms with van der Waals surface area (Å²) >= 11 is 0. The number of benzene rings is 1. The van der Waals surface area contributed by atoms with E-state index in [9.17, 15) is 4.79 Å². The molecular weight excluding hydrogens is 338 g/mol. The van der Waals surface area contributed by atoms with E-state index < -0.39 is 0 Å². The lowest BCUT2D eigenvalue weighted by Gasteiger charge is -2.08. The van der Waals surface area contributed by atoms with E-state index in [1.54, 1.807) is 40.1 Å². The van der Waals surface area contributed by atoms with Crippen molar-refractivity contribution in [3.8, 4) is 11.1 Å². The van der Waals surface area contributed by atoms with Crippen LogP contribution in [-0.2, 0) is 6.54 Å². The van der Waals surface area contributed by atoms with Crippen LogP contribution in [0.3, 0.4) is 0 Å². The fourth-order valence-electron chi connectivity index (χ4n) is 3.29. The molecule has 0 saturated carbocycles. The second-order valence-corrected chi connectivity index (χ2v) is 6.33. The minimum Gasteiger partial charge on any atom is -0.310 e. The minimum atomic E-state index is -0.0949. The van der Waals surface area contributed by atoms with E-state index in [0.717, 1.165) is 27.9 Å². The van der Waals surface area contributed by atoms with Crippen LogP contribution in [0.5, 0.6) is 0 Å². The molecule has 5 rings (SSSR count). The van der Waals surface area contributed by atoms with E-state index in [2.05, 4.69) is 15.1 Å². The van der Waals surface area contributed by atoms with Crippen molar-refractivity contribution >= 4 is 16.6 Å². The van der Waals surface area contributed by atoms with E-state index in [1.165, 1.54) is 0 Å². The van der Waals surface area contributed by atoms with Crippen LogP contribution in [0.1, 0.15) is 5.56 Å². The zero-order valence-corrected chi connectivity index (χ0v) is 14.4. The van der Waals surface area contributed by atoms with Crippen molar-refractivity contribution in [2.45, 2.75) is 6.54 Å². The number of rotatable bonds is 3. The molecular formula is C21H15N5O. The van der Waals surface area contributed by atoms with Gasteiger partial charge >= 0.3 is 0 Å². The van der Waals surface area contributed by atoms with Gasteiger partial charge in [-0.3, -0.25) is 9.78 Å². The number of nitrogens with zero attached hydrogens (tertiary/aromatic N) is 5. The van der Waals surface area contributed by atoms with Crippen LogP contribution >= 0.6 is 0 Å². The number of aromatic nitrogens is 5. The van der Waals surface area contributed by atoms with Crippen LogP contribution in [-0.4, -0.2) is 24.1 Å². The van der Waals surface area contributed by atoms with Gasteiger partial charge in [0, 0.05) is 30.4 Å². The Morgan fingerprint density at radius 1 is 0.926 bits per heavy atom. The number of hydrogen-bond donors (Lipinski definition) is 0. The predicted octanol–water partition coefficient (Wildman–Crippen LogP) is 3.15. The van der Waals surface area contributed by atoms with E-state index in [4.69, 9.17) is 0 Å². The van der Waals surface area contributed by atoms with Crippen molar-refractivity contribution in [3.05, 3.63) is 95.4 Å². The van der Waals surface area contributed by atoms with Gasteiger partial charge in [-0.15, -0.1) is 0 Å². The Labute approximate surface area is 154 Å². The van der Waals surface area contributed by atoms with Crippen molar-refractivity contribution in [1.29, 1.82) is 0 Å². The maximum absolute atomic E-state index is 12.9. The van der Waals surface area contributed by atoms with Crippen LogP contribution in [0.15, 0.2) is 84.3 Å². The molecule has 0 spiro atoms. The Morgan fingerprint density at radius 3 is 2.63 bits per heavy atom. The Hall–Kier alpha value is -3.80. The van der Waals surface area contributed by atoms with Gasteiger partial charge in [0.15, 0.2) is 5.65 Å². The molecule has 6 nitrogen and oxygen atoms in total. The average Bonchev–Trinajstić information content (AvgIpc) is 3.16. The summed E-state index contributed by atoms with van der Waals surface area (Å²) in [6, 6.07) is 15.7. The molecule has 4 heterocycles. The van der Waals surface area contributed by atoms with E-state index in [-0.39, 0.29) is 5.56 Å². The van der Waals surface area contributed by atoms with Gasteiger partial charge in [-0.05, 0) is 23.3 Å². The van der Waals surface area contributed by atoms with Crippen molar-refractivity contribution < 1.29 is 0 Å². The summed E-state index contributed by atoms with van der Waals surface area (Å²) in [5, 5.41) is 5.01.